The predicted octanol–water partition coefficient (Wildman–Crippen LogP) is 2.06. The van der Waals surface area contributed by atoms with Crippen LogP contribution in [0.2, 0.25) is 0 Å². The molecule has 1 amide bonds. The predicted molar refractivity (Wildman–Crippen MR) is 64.2 cm³/mol. The molecule has 0 aliphatic rings. The molecule has 86 valence electrons. The number of allylic oxidation sites excluding steroid dienone is 1. The molecule has 0 aromatic heterocycles. The number of rotatable bonds is 5. The number of benzene rings is 1. The first-order chi connectivity index (χ1) is 7.47. The van der Waals surface area contributed by atoms with Gasteiger partial charge in [-0.15, -0.1) is 6.58 Å². The van der Waals surface area contributed by atoms with E-state index in [0.29, 0.717) is 12.2 Å². The van der Waals surface area contributed by atoms with Gasteiger partial charge in [-0.2, -0.15) is 0 Å². The number of primary amides is 1. The van der Waals surface area contributed by atoms with Gasteiger partial charge in [-0.3, -0.25) is 4.79 Å². The molecule has 0 bridgehead atoms. The average Bonchev–Trinajstić information content (AvgIpc) is 2.20. The van der Waals surface area contributed by atoms with Crippen LogP contribution in [0.5, 0.6) is 5.75 Å². The smallest absolute Gasteiger partial charge is 0.261 e. The number of carbonyl (C=O) groups is 1. The molecule has 3 heteroatoms. The van der Waals surface area contributed by atoms with E-state index >= 15 is 0 Å². The van der Waals surface area contributed by atoms with Crippen molar-refractivity contribution in [2.24, 2.45) is 5.73 Å². The van der Waals surface area contributed by atoms with Crippen LogP contribution in [0.25, 0.3) is 0 Å². The molecule has 1 aromatic rings. The van der Waals surface area contributed by atoms with Crippen molar-refractivity contribution in [1.29, 1.82) is 0 Å². The Labute approximate surface area is 95.9 Å². The molecule has 3 nitrogen and oxygen atoms in total. The molecule has 0 fully saturated rings. The lowest BCUT2D eigenvalue weighted by Gasteiger charge is -2.24. The number of para-hydroxylation sites is 1. The van der Waals surface area contributed by atoms with Gasteiger partial charge in [0.1, 0.15) is 5.75 Å². The summed E-state index contributed by atoms with van der Waals surface area (Å²) in [7, 11) is 0. The largest absolute Gasteiger partial charge is 0.478 e. The summed E-state index contributed by atoms with van der Waals surface area (Å²) in [5, 5.41) is 0. The highest BCUT2D eigenvalue weighted by molar-refractivity contribution is 5.82. The van der Waals surface area contributed by atoms with Gasteiger partial charge in [0.05, 0.1) is 0 Å². The van der Waals surface area contributed by atoms with Gasteiger partial charge in [0.25, 0.3) is 5.91 Å². The first-order valence-corrected chi connectivity index (χ1v) is 5.15. The minimum atomic E-state index is -1.00. The Morgan fingerprint density at radius 1 is 1.50 bits per heavy atom. The Kier molecular flexibility index (Phi) is 3.72. The highest BCUT2D eigenvalue weighted by Crippen LogP contribution is 2.23. The van der Waals surface area contributed by atoms with E-state index in [4.69, 9.17) is 10.5 Å². The number of carbonyl (C=O) groups excluding carboxylic acids is 1. The summed E-state index contributed by atoms with van der Waals surface area (Å²) >= 11 is 0. The Bertz CT molecular complexity index is 397. The Hall–Kier alpha value is -1.77. The third-order valence-electron chi connectivity index (χ3n) is 2.30. The van der Waals surface area contributed by atoms with Crippen LogP contribution < -0.4 is 10.5 Å². The molecular weight excluding hydrogens is 202 g/mol. The Balaban J connectivity index is 2.96. The molecule has 0 saturated carbocycles. The molecule has 0 aliphatic heterocycles. The van der Waals surface area contributed by atoms with Crippen molar-refractivity contribution < 1.29 is 9.53 Å². The fourth-order valence-corrected chi connectivity index (χ4v) is 1.25. The van der Waals surface area contributed by atoms with E-state index in [2.05, 4.69) is 6.58 Å². The lowest BCUT2D eigenvalue weighted by molar-refractivity contribution is -0.130. The minimum Gasteiger partial charge on any atom is -0.478 e. The SMILES string of the molecule is C=CCc1ccccc1OC(C)(C)C(N)=O. The fraction of sp³-hybridized carbons (Fsp3) is 0.308. The van der Waals surface area contributed by atoms with E-state index in [-0.39, 0.29) is 0 Å². The maximum absolute atomic E-state index is 11.2. The molecule has 2 N–H and O–H groups in total. The van der Waals surface area contributed by atoms with E-state index in [1.165, 1.54) is 0 Å². The standard InChI is InChI=1S/C13H17NO2/c1-4-7-10-8-5-6-9-11(10)16-13(2,3)12(14)15/h4-6,8-9H,1,7H2,2-3H3,(H2,14,15). The lowest BCUT2D eigenvalue weighted by atomic mass is 10.1. The van der Waals surface area contributed by atoms with Gasteiger partial charge in [0, 0.05) is 0 Å². The van der Waals surface area contributed by atoms with E-state index < -0.39 is 11.5 Å². The molecule has 1 aromatic carbocycles. The summed E-state index contributed by atoms with van der Waals surface area (Å²) < 4.78 is 5.62. The zero-order valence-electron chi connectivity index (χ0n) is 9.69. The summed E-state index contributed by atoms with van der Waals surface area (Å²) in [5.41, 5.74) is 5.25. The van der Waals surface area contributed by atoms with Crippen LogP contribution in [0, 0.1) is 0 Å². The van der Waals surface area contributed by atoms with Crippen molar-refractivity contribution in [3.8, 4) is 5.75 Å². The van der Waals surface area contributed by atoms with Gasteiger partial charge < -0.3 is 10.5 Å². The van der Waals surface area contributed by atoms with Crippen LogP contribution in [-0.2, 0) is 11.2 Å². The minimum absolute atomic E-state index is 0.485. The zero-order valence-corrected chi connectivity index (χ0v) is 9.69. The summed E-state index contributed by atoms with van der Waals surface area (Å²) in [6.07, 6.45) is 2.49. The van der Waals surface area contributed by atoms with Crippen molar-refractivity contribution >= 4 is 5.91 Å². The molecule has 0 spiro atoms. The van der Waals surface area contributed by atoms with Crippen molar-refractivity contribution in [2.45, 2.75) is 25.9 Å². The normalized spacial score (nSPS) is 10.9. The molecule has 0 aliphatic carbocycles. The number of hydrogen-bond acceptors (Lipinski definition) is 2. The van der Waals surface area contributed by atoms with Crippen LogP contribution in [0.3, 0.4) is 0 Å². The first kappa shape index (κ1) is 12.3. The maximum Gasteiger partial charge on any atom is 0.261 e. The van der Waals surface area contributed by atoms with Gasteiger partial charge in [-0.1, -0.05) is 24.3 Å². The van der Waals surface area contributed by atoms with Gasteiger partial charge >= 0.3 is 0 Å². The van der Waals surface area contributed by atoms with Crippen molar-refractivity contribution in [3.63, 3.8) is 0 Å². The second-order valence-corrected chi connectivity index (χ2v) is 4.08. The molecule has 16 heavy (non-hydrogen) atoms. The van der Waals surface area contributed by atoms with Crippen LogP contribution >= 0.6 is 0 Å². The van der Waals surface area contributed by atoms with E-state index in [9.17, 15) is 4.79 Å². The summed E-state index contributed by atoms with van der Waals surface area (Å²) in [6, 6.07) is 7.54. The van der Waals surface area contributed by atoms with Gasteiger partial charge in [-0.25, -0.2) is 0 Å². The van der Waals surface area contributed by atoms with Crippen molar-refractivity contribution in [1.82, 2.24) is 0 Å². The highest BCUT2D eigenvalue weighted by Gasteiger charge is 2.27. The van der Waals surface area contributed by atoms with Crippen LogP contribution in [0.15, 0.2) is 36.9 Å². The topological polar surface area (TPSA) is 52.3 Å². The maximum atomic E-state index is 11.2. The molecule has 0 atom stereocenters. The summed E-state index contributed by atoms with van der Waals surface area (Å²) in [6.45, 7) is 6.99. The molecular formula is C13H17NO2. The third kappa shape index (κ3) is 2.86. The van der Waals surface area contributed by atoms with E-state index in [0.717, 1.165) is 5.56 Å². The molecule has 0 saturated heterocycles. The summed E-state index contributed by atoms with van der Waals surface area (Å²) in [4.78, 5) is 11.2. The van der Waals surface area contributed by atoms with Gasteiger partial charge in [-0.05, 0) is 31.9 Å². The van der Waals surface area contributed by atoms with Crippen molar-refractivity contribution in [3.05, 3.63) is 42.5 Å². The lowest BCUT2D eigenvalue weighted by Crippen LogP contribution is -2.43. The Morgan fingerprint density at radius 3 is 2.69 bits per heavy atom. The van der Waals surface area contributed by atoms with Crippen LogP contribution in [0.1, 0.15) is 19.4 Å². The number of hydrogen-bond donors (Lipinski definition) is 1. The summed E-state index contributed by atoms with van der Waals surface area (Å²) in [5.74, 6) is 0.187. The monoisotopic (exact) mass is 219 g/mol. The zero-order chi connectivity index (χ0) is 12.2. The average molecular weight is 219 g/mol. The van der Waals surface area contributed by atoms with Crippen LogP contribution in [-0.4, -0.2) is 11.5 Å². The number of nitrogens with two attached hydrogens (primary N) is 1. The second-order valence-electron chi connectivity index (χ2n) is 4.08. The molecule has 0 radical (unpaired) electrons. The van der Waals surface area contributed by atoms with Crippen LogP contribution in [0.4, 0.5) is 0 Å². The van der Waals surface area contributed by atoms with E-state index in [1.54, 1.807) is 19.9 Å². The van der Waals surface area contributed by atoms with Gasteiger partial charge in [0.15, 0.2) is 5.60 Å². The quantitative estimate of drug-likeness (QED) is 0.771. The number of ether oxygens (including phenoxy) is 1. The molecule has 1 rings (SSSR count). The van der Waals surface area contributed by atoms with E-state index in [1.807, 2.05) is 24.3 Å². The molecule has 0 heterocycles. The first-order valence-electron chi connectivity index (χ1n) is 5.15. The fourth-order valence-electron chi connectivity index (χ4n) is 1.25. The van der Waals surface area contributed by atoms with Gasteiger partial charge in [0.2, 0.25) is 0 Å². The highest BCUT2D eigenvalue weighted by atomic mass is 16.5. The van der Waals surface area contributed by atoms with Crippen molar-refractivity contribution in [2.75, 3.05) is 0 Å². The molecule has 0 unspecified atom stereocenters. The second kappa shape index (κ2) is 4.84. The third-order valence-corrected chi connectivity index (χ3v) is 2.30. The Morgan fingerprint density at radius 2 is 2.12 bits per heavy atom. The number of amides is 1.